The largest absolute Gasteiger partial charge is 0.459 e. The number of ether oxygens (including phenoxy) is 1. The van der Waals surface area contributed by atoms with Gasteiger partial charge >= 0.3 is 18.3 Å². The second kappa shape index (κ2) is 16.3. The number of carbonyl (C=O) groups excluding carboxylic acids is 3. The Balaban J connectivity index is 1.11. The molecule has 4 heterocycles. The number of hydrogen-bond donors (Lipinski definition) is 4. The van der Waals surface area contributed by atoms with E-state index in [2.05, 4.69) is 30.9 Å². The number of H-pyrrole nitrogens is 2. The van der Waals surface area contributed by atoms with E-state index in [1.807, 2.05) is 16.7 Å². The summed E-state index contributed by atoms with van der Waals surface area (Å²) in [5.41, 5.74) is -1.43. The molecule has 3 aromatic heterocycles. The number of likely N-dealkylation sites (tertiary alicyclic amines) is 1. The number of alkyl halides is 6. The van der Waals surface area contributed by atoms with Crippen LogP contribution < -0.4 is 5.32 Å². The fourth-order valence-electron chi connectivity index (χ4n) is 7.24. The standard InChI is InChI=1S/C39H36F6N8O5/c40-38(41,42)24-13-22(14-25(16-24)39(43,44)45)21-58-37(57)31(15-23-18-46-30-9-3-1-7-27(23)30)47-35(55)33-17-26(54)19-53(33)36(56)29-20-52(32-10-4-2-8-28(29)32)12-6-5-11-34-48-50-51-49-34/h1-4,7-10,13-14,16,18,20,26,31,33,46,54H,5-6,11-12,15,17,19,21H2,(H,47,55)(H,48,49,50,51)/t26-,31+,33+/m1/s1. The van der Waals surface area contributed by atoms with Crippen LogP contribution in [0.2, 0.25) is 0 Å². The number of aromatic amines is 2. The summed E-state index contributed by atoms with van der Waals surface area (Å²) in [6, 6.07) is 12.4. The van der Waals surface area contributed by atoms with Gasteiger partial charge in [-0.15, -0.1) is 10.2 Å². The Morgan fingerprint density at radius 3 is 2.36 bits per heavy atom. The van der Waals surface area contributed by atoms with Gasteiger partial charge in [-0.1, -0.05) is 41.6 Å². The monoisotopic (exact) mass is 810 g/mol. The maximum atomic E-state index is 14.2. The molecule has 0 aliphatic carbocycles. The fraction of sp³-hybridized carbons (Fsp3) is 0.333. The van der Waals surface area contributed by atoms with Crippen molar-refractivity contribution in [2.45, 2.75) is 75.8 Å². The Hall–Kier alpha value is -6.24. The van der Waals surface area contributed by atoms with E-state index in [1.54, 1.807) is 48.8 Å². The smallest absolute Gasteiger partial charge is 0.416 e. The molecule has 58 heavy (non-hydrogen) atoms. The summed E-state index contributed by atoms with van der Waals surface area (Å²) < 4.78 is 88.4. The van der Waals surface area contributed by atoms with Gasteiger partial charge in [-0.3, -0.25) is 9.59 Å². The number of amides is 2. The highest BCUT2D eigenvalue weighted by Crippen LogP contribution is 2.37. The summed E-state index contributed by atoms with van der Waals surface area (Å²) in [7, 11) is 0. The molecule has 0 spiro atoms. The van der Waals surface area contributed by atoms with Crippen LogP contribution in [0.1, 0.15) is 57.7 Å². The number of tetrazole rings is 1. The highest BCUT2D eigenvalue weighted by atomic mass is 19.4. The molecule has 1 fully saturated rings. The first kappa shape index (κ1) is 40.0. The second-order valence-electron chi connectivity index (χ2n) is 14.0. The summed E-state index contributed by atoms with van der Waals surface area (Å²) in [6.07, 6.45) is -6.36. The Kier molecular flexibility index (Phi) is 11.2. The number of aliphatic hydroxyl groups is 1. The molecule has 0 unspecified atom stereocenters. The quantitative estimate of drug-likeness (QED) is 0.0650. The number of halogens is 6. The third-order valence-corrected chi connectivity index (χ3v) is 10.0. The highest BCUT2D eigenvalue weighted by Gasteiger charge is 2.42. The number of esters is 1. The predicted molar refractivity (Wildman–Crippen MR) is 195 cm³/mol. The van der Waals surface area contributed by atoms with E-state index in [1.165, 1.54) is 4.90 Å². The molecule has 3 atom stereocenters. The van der Waals surface area contributed by atoms with Crippen LogP contribution >= 0.6 is 0 Å². The lowest BCUT2D eigenvalue weighted by molar-refractivity contribution is -0.149. The number of aryl methyl sites for hydroxylation is 2. The molecule has 0 saturated carbocycles. The zero-order valence-corrected chi connectivity index (χ0v) is 30.5. The van der Waals surface area contributed by atoms with Crippen molar-refractivity contribution in [3.63, 3.8) is 0 Å². The van der Waals surface area contributed by atoms with Crippen molar-refractivity contribution >= 4 is 39.6 Å². The van der Waals surface area contributed by atoms with E-state index < -0.39 is 71.6 Å². The zero-order chi connectivity index (χ0) is 41.2. The van der Waals surface area contributed by atoms with Crippen molar-refractivity contribution < 1.29 is 50.6 Å². The molecular formula is C39H36F6N8O5. The number of nitrogens with zero attached hydrogens (tertiary/aromatic N) is 5. The van der Waals surface area contributed by atoms with Crippen molar-refractivity contribution in [3.8, 4) is 0 Å². The zero-order valence-electron chi connectivity index (χ0n) is 30.5. The predicted octanol–water partition coefficient (Wildman–Crippen LogP) is 5.74. The minimum atomic E-state index is -5.12. The molecule has 1 saturated heterocycles. The average molecular weight is 811 g/mol. The number of aliphatic hydroxyl groups excluding tert-OH is 1. The van der Waals surface area contributed by atoms with Gasteiger partial charge in [0.15, 0.2) is 5.82 Å². The van der Waals surface area contributed by atoms with Gasteiger partial charge in [-0.2, -0.15) is 31.6 Å². The number of fused-ring (bicyclic) bond motifs is 2. The normalized spacial score (nSPS) is 16.6. The lowest BCUT2D eigenvalue weighted by Crippen LogP contribution is -2.51. The maximum Gasteiger partial charge on any atom is 0.416 e. The van der Waals surface area contributed by atoms with Gasteiger partial charge in [0.1, 0.15) is 18.7 Å². The highest BCUT2D eigenvalue weighted by molar-refractivity contribution is 6.08. The summed E-state index contributed by atoms with van der Waals surface area (Å²) in [4.78, 5) is 46.3. The first-order valence-electron chi connectivity index (χ1n) is 18.3. The second-order valence-corrected chi connectivity index (χ2v) is 14.0. The first-order valence-corrected chi connectivity index (χ1v) is 18.3. The van der Waals surface area contributed by atoms with Crippen LogP contribution in [0, 0.1) is 0 Å². The molecule has 2 amide bonds. The van der Waals surface area contributed by atoms with Crippen LogP contribution in [0.3, 0.4) is 0 Å². The van der Waals surface area contributed by atoms with Gasteiger partial charge < -0.3 is 29.6 Å². The van der Waals surface area contributed by atoms with E-state index >= 15 is 0 Å². The van der Waals surface area contributed by atoms with Crippen LogP contribution in [-0.2, 0) is 52.7 Å². The number of aromatic nitrogens is 6. The van der Waals surface area contributed by atoms with Gasteiger partial charge in [-0.05, 0) is 54.3 Å². The number of β-amino-alcohol motifs (C(OH)–C–C–N with tert-alkyl or cyclic N) is 1. The van der Waals surface area contributed by atoms with Gasteiger partial charge in [0, 0.05) is 66.6 Å². The van der Waals surface area contributed by atoms with Crippen LogP contribution in [0.25, 0.3) is 21.8 Å². The number of hydrogen-bond acceptors (Lipinski definition) is 8. The number of benzene rings is 3. The van der Waals surface area contributed by atoms with E-state index in [-0.39, 0.29) is 31.0 Å². The van der Waals surface area contributed by atoms with Gasteiger partial charge in [-0.25, -0.2) is 4.79 Å². The number of carbonyl (C=O) groups is 3. The summed E-state index contributed by atoms with van der Waals surface area (Å²) >= 11 is 0. The third kappa shape index (κ3) is 8.83. The van der Waals surface area contributed by atoms with E-state index in [4.69, 9.17) is 4.74 Å². The topological polar surface area (TPSA) is 171 Å². The Morgan fingerprint density at radius 2 is 1.66 bits per heavy atom. The average Bonchev–Trinajstić information content (AvgIpc) is 4.01. The molecule has 1 aliphatic heterocycles. The number of unbranched alkanes of at least 4 members (excludes halogenated alkanes) is 1. The molecule has 4 N–H and O–H groups in total. The summed E-state index contributed by atoms with van der Waals surface area (Å²) in [5, 5.41) is 28.5. The van der Waals surface area contributed by atoms with Crippen LogP contribution in [-0.4, -0.2) is 82.7 Å². The van der Waals surface area contributed by atoms with Crippen LogP contribution in [0.5, 0.6) is 0 Å². The lowest BCUT2D eigenvalue weighted by Gasteiger charge is -2.26. The molecule has 6 aromatic rings. The lowest BCUT2D eigenvalue weighted by atomic mass is 10.0. The number of rotatable bonds is 13. The third-order valence-electron chi connectivity index (χ3n) is 10.0. The number of para-hydroxylation sites is 2. The summed E-state index contributed by atoms with van der Waals surface area (Å²) in [6.45, 7) is -0.621. The van der Waals surface area contributed by atoms with Crippen molar-refractivity contribution in [3.05, 3.63) is 113 Å². The molecular weight excluding hydrogens is 774 g/mol. The minimum absolute atomic E-state index is 0.0353. The van der Waals surface area contributed by atoms with E-state index in [0.29, 0.717) is 52.8 Å². The maximum absolute atomic E-state index is 14.2. The fourth-order valence-corrected chi connectivity index (χ4v) is 7.24. The van der Waals surface area contributed by atoms with Crippen LogP contribution in [0.15, 0.2) is 79.1 Å². The Morgan fingerprint density at radius 1 is 0.948 bits per heavy atom. The van der Waals surface area contributed by atoms with Gasteiger partial charge in [0.25, 0.3) is 5.91 Å². The number of nitrogens with one attached hydrogen (secondary N) is 3. The molecule has 1 aliphatic rings. The molecule has 19 heteroatoms. The molecule has 0 radical (unpaired) electrons. The molecule has 304 valence electrons. The molecule has 7 rings (SSSR count). The molecule has 0 bridgehead atoms. The van der Waals surface area contributed by atoms with Gasteiger partial charge in [0.05, 0.1) is 22.8 Å². The van der Waals surface area contributed by atoms with Crippen LogP contribution in [0.4, 0.5) is 26.3 Å². The van der Waals surface area contributed by atoms with E-state index in [0.717, 1.165) is 18.4 Å². The van der Waals surface area contributed by atoms with Crippen molar-refractivity contribution in [1.82, 2.24) is 40.4 Å². The van der Waals surface area contributed by atoms with Crippen molar-refractivity contribution in [2.24, 2.45) is 0 Å². The molecule has 3 aromatic carbocycles. The van der Waals surface area contributed by atoms with Gasteiger partial charge in [0.2, 0.25) is 5.91 Å². The van der Waals surface area contributed by atoms with Crippen molar-refractivity contribution in [1.29, 1.82) is 0 Å². The Bertz CT molecular complexity index is 2390. The van der Waals surface area contributed by atoms with E-state index in [9.17, 15) is 45.8 Å². The molecule has 13 nitrogen and oxygen atoms in total. The first-order chi connectivity index (χ1) is 27.7. The summed E-state index contributed by atoms with van der Waals surface area (Å²) in [5.74, 6) is -1.93. The van der Waals surface area contributed by atoms with Crippen molar-refractivity contribution in [2.75, 3.05) is 6.54 Å². The SMILES string of the molecule is O=C(OCc1cc(C(F)(F)F)cc(C(F)(F)F)c1)[C@H](Cc1c[nH]c2ccccc12)NC(=O)[C@@H]1C[C@@H](O)CN1C(=O)c1cn(CCCCc2nn[nH]n2)c2ccccc12. The Labute approximate surface area is 325 Å². The minimum Gasteiger partial charge on any atom is -0.459 e.